The van der Waals surface area contributed by atoms with E-state index in [4.69, 9.17) is 70.1 Å². The number of nitrogens with one attached hydrogen (secondary N) is 1. The molecular formula is C21H19Cl4NO7. The lowest BCUT2D eigenvalue weighted by molar-refractivity contribution is -0.213. The molecule has 0 atom stereocenters. The number of hydrogen-bond acceptors (Lipinski definition) is 7. The topological polar surface area (TPSA) is 92.3 Å². The quantitative estimate of drug-likeness (QED) is 0.479. The van der Waals surface area contributed by atoms with Gasteiger partial charge in [-0.25, -0.2) is 4.79 Å². The lowest BCUT2D eigenvalue weighted by atomic mass is 10.3. The van der Waals surface area contributed by atoms with Crippen molar-refractivity contribution in [2.24, 2.45) is 0 Å². The number of carbonyl (C=O) groups excluding carboxylic acids is 2. The van der Waals surface area contributed by atoms with Gasteiger partial charge < -0.3 is 29.0 Å². The average molecular weight is 539 g/mol. The van der Waals surface area contributed by atoms with E-state index >= 15 is 0 Å². The van der Waals surface area contributed by atoms with Gasteiger partial charge in [0.25, 0.3) is 5.91 Å². The van der Waals surface area contributed by atoms with Gasteiger partial charge in [-0.1, -0.05) is 46.4 Å². The summed E-state index contributed by atoms with van der Waals surface area (Å²) < 4.78 is 26.7. The summed E-state index contributed by atoms with van der Waals surface area (Å²) in [5, 5.41) is 4.14. The van der Waals surface area contributed by atoms with E-state index in [2.05, 4.69) is 5.32 Å². The molecule has 1 N–H and O–H groups in total. The van der Waals surface area contributed by atoms with Crippen LogP contribution in [0.3, 0.4) is 0 Å². The zero-order valence-electron chi connectivity index (χ0n) is 17.0. The van der Waals surface area contributed by atoms with E-state index in [1.165, 1.54) is 12.1 Å². The van der Waals surface area contributed by atoms with Gasteiger partial charge >= 0.3 is 5.97 Å². The second-order valence-corrected chi connectivity index (χ2v) is 8.40. The molecule has 0 saturated carbocycles. The van der Waals surface area contributed by atoms with Crippen molar-refractivity contribution >= 4 is 58.3 Å². The maximum absolute atomic E-state index is 12.1. The summed E-state index contributed by atoms with van der Waals surface area (Å²) in [6, 6.07) is 8.96. The summed E-state index contributed by atoms with van der Waals surface area (Å²) in [5.41, 5.74) is 0. The third kappa shape index (κ3) is 8.41. The van der Waals surface area contributed by atoms with Crippen LogP contribution in [-0.2, 0) is 23.8 Å². The molecule has 1 amide bonds. The summed E-state index contributed by atoms with van der Waals surface area (Å²) in [5.74, 6) is -0.167. The first-order chi connectivity index (χ1) is 15.8. The zero-order chi connectivity index (χ0) is 23.8. The van der Waals surface area contributed by atoms with E-state index in [1.54, 1.807) is 24.3 Å². The lowest BCUT2D eigenvalue weighted by Crippen LogP contribution is -2.49. The summed E-state index contributed by atoms with van der Waals surface area (Å²) in [6.07, 6.45) is -0.750. The number of rotatable bonds is 9. The number of esters is 1. The molecule has 0 unspecified atom stereocenters. The van der Waals surface area contributed by atoms with Gasteiger partial charge in [-0.2, -0.15) is 0 Å². The summed E-state index contributed by atoms with van der Waals surface area (Å²) in [7, 11) is 0. The molecule has 1 heterocycles. The Morgan fingerprint density at radius 2 is 1.39 bits per heavy atom. The minimum absolute atomic E-state index is 0.120. The van der Waals surface area contributed by atoms with Crippen LogP contribution in [0.4, 0.5) is 0 Å². The minimum Gasteiger partial charge on any atom is -0.484 e. The molecule has 1 aliphatic heterocycles. The Balaban J connectivity index is 1.29. The average Bonchev–Trinajstić information content (AvgIpc) is 2.80. The van der Waals surface area contributed by atoms with E-state index < -0.39 is 12.3 Å². The standard InChI is InChI=1S/C21H19Cl4NO7/c22-15-3-1-13(5-17(15)24)29-9-19(27)26-12-7-32-21(33-8-12)11-31-20(28)10-30-14-2-4-16(23)18(25)6-14/h1-6,12,21H,7-11H2,(H,26,27)/t12-,21-. The molecule has 178 valence electrons. The number of carbonyl (C=O) groups is 2. The van der Waals surface area contributed by atoms with Crippen molar-refractivity contribution in [3.05, 3.63) is 56.5 Å². The van der Waals surface area contributed by atoms with Crippen LogP contribution in [0.5, 0.6) is 11.5 Å². The molecule has 1 aliphatic rings. The first-order valence-corrected chi connectivity index (χ1v) is 11.1. The fraction of sp³-hybridized carbons (Fsp3) is 0.333. The van der Waals surface area contributed by atoms with Crippen LogP contribution in [0.2, 0.25) is 20.1 Å². The smallest absolute Gasteiger partial charge is 0.344 e. The highest BCUT2D eigenvalue weighted by molar-refractivity contribution is 6.42. The maximum atomic E-state index is 12.1. The SMILES string of the molecule is O=C(COc1ccc(Cl)c(Cl)c1)N[C@H]1CO[C@H](COC(=O)COc2ccc(Cl)c(Cl)c2)OC1. The highest BCUT2D eigenvalue weighted by Gasteiger charge is 2.25. The van der Waals surface area contributed by atoms with Crippen molar-refractivity contribution in [1.29, 1.82) is 0 Å². The summed E-state index contributed by atoms with van der Waals surface area (Å²) in [6.45, 7) is -0.289. The number of amides is 1. The van der Waals surface area contributed by atoms with Crippen LogP contribution < -0.4 is 14.8 Å². The highest BCUT2D eigenvalue weighted by atomic mass is 35.5. The molecule has 8 nitrogen and oxygen atoms in total. The molecule has 33 heavy (non-hydrogen) atoms. The van der Waals surface area contributed by atoms with Crippen LogP contribution in [0.15, 0.2) is 36.4 Å². The van der Waals surface area contributed by atoms with Gasteiger partial charge in [-0.05, 0) is 24.3 Å². The molecule has 2 aromatic rings. The highest BCUT2D eigenvalue weighted by Crippen LogP contribution is 2.27. The summed E-state index contributed by atoms with van der Waals surface area (Å²) >= 11 is 23.5. The monoisotopic (exact) mass is 537 g/mol. The molecule has 0 radical (unpaired) electrons. The van der Waals surface area contributed by atoms with Crippen molar-refractivity contribution in [2.75, 3.05) is 33.0 Å². The third-order valence-electron chi connectivity index (χ3n) is 4.22. The van der Waals surface area contributed by atoms with Crippen molar-refractivity contribution in [1.82, 2.24) is 5.32 Å². The van der Waals surface area contributed by atoms with Crippen LogP contribution in [0.1, 0.15) is 0 Å². The van der Waals surface area contributed by atoms with Crippen LogP contribution in [0, 0.1) is 0 Å². The Bertz CT molecular complexity index is 983. The molecule has 0 aliphatic carbocycles. The second kappa shape index (κ2) is 12.5. The minimum atomic E-state index is -0.750. The summed E-state index contributed by atoms with van der Waals surface area (Å²) in [4.78, 5) is 23.9. The van der Waals surface area contributed by atoms with Crippen molar-refractivity contribution < 1.29 is 33.3 Å². The van der Waals surface area contributed by atoms with Crippen LogP contribution >= 0.6 is 46.4 Å². The molecule has 2 aromatic carbocycles. The molecular weight excluding hydrogens is 520 g/mol. The zero-order valence-corrected chi connectivity index (χ0v) is 20.0. The molecule has 3 rings (SSSR count). The predicted molar refractivity (Wildman–Crippen MR) is 122 cm³/mol. The Morgan fingerprint density at radius 1 is 0.848 bits per heavy atom. The van der Waals surface area contributed by atoms with Crippen LogP contribution in [-0.4, -0.2) is 57.2 Å². The van der Waals surface area contributed by atoms with Crippen molar-refractivity contribution in [2.45, 2.75) is 12.3 Å². The van der Waals surface area contributed by atoms with E-state index in [1.807, 2.05) is 0 Å². The predicted octanol–water partition coefficient (Wildman–Crippen LogP) is 4.16. The van der Waals surface area contributed by atoms with Gasteiger partial charge in [0.2, 0.25) is 0 Å². The number of benzene rings is 2. The number of halogens is 4. The molecule has 1 fully saturated rings. The van der Waals surface area contributed by atoms with E-state index in [9.17, 15) is 9.59 Å². The van der Waals surface area contributed by atoms with E-state index in [-0.39, 0.29) is 45.0 Å². The largest absolute Gasteiger partial charge is 0.484 e. The Kier molecular flexibility index (Phi) is 9.73. The fourth-order valence-electron chi connectivity index (χ4n) is 2.62. The number of ether oxygens (including phenoxy) is 5. The maximum Gasteiger partial charge on any atom is 0.344 e. The van der Waals surface area contributed by atoms with Gasteiger partial charge in [0, 0.05) is 12.1 Å². The van der Waals surface area contributed by atoms with Gasteiger partial charge in [-0.3, -0.25) is 4.79 Å². The molecule has 0 bridgehead atoms. The van der Waals surface area contributed by atoms with Crippen molar-refractivity contribution in [3.8, 4) is 11.5 Å². The Labute approximate surface area is 209 Å². The first-order valence-electron chi connectivity index (χ1n) is 9.64. The fourth-order valence-corrected chi connectivity index (χ4v) is 3.20. The van der Waals surface area contributed by atoms with Gasteiger partial charge in [0.05, 0.1) is 39.3 Å². The van der Waals surface area contributed by atoms with Gasteiger partial charge in [-0.15, -0.1) is 0 Å². The van der Waals surface area contributed by atoms with Gasteiger partial charge in [0.15, 0.2) is 19.5 Å². The van der Waals surface area contributed by atoms with E-state index in [0.717, 1.165) is 0 Å². The van der Waals surface area contributed by atoms with Crippen LogP contribution in [0.25, 0.3) is 0 Å². The lowest BCUT2D eigenvalue weighted by Gasteiger charge is -2.29. The first kappa shape index (κ1) is 25.7. The molecule has 1 saturated heterocycles. The third-order valence-corrected chi connectivity index (χ3v) is 5.70. The Hall–Kier alpha value is -1.94. The Morgan fingerprint density at radius 3 is 1.94 bits per heavy atom. The molecule has 0 aromatic heterocycles. The molecule has 0 spiro atoms. The van der Waals surface area contributed by atoms with Gasteiger partial charge in [0.1, 0.15) is 18.1 Å². The van der Waals surface area contributed by atoms with E-state index in [0.29, 0.717) is 31.6 Å². The normalized spacial score (nSPS) is 17.8. The number of hydrogen-bond donors (Lipinski definition) is 1. The van der Waals surface area contributed by atoms with Crippen molar-refractivity contribution in [3.63, 3.8) is 0 Å². The molecule has 12 heteroatoms. The second-order valence-electron chi connectivity index (χ2n) is 6.77.